The van der Waals surface area contributed by atoms with E-state index in [0.29, 0.717) is 5.75 Å². The first-order valence-corrected chi connectivity index (χ1v) is 5.96. The lowest BCUT2D eigenvalue weighted by atomic mass is 10.0. The molecule has 1 aliphatic heterocycles. The number of nitrogens with two attached hydrogens (primary N) is 1. The summed E-state index contributed by atoms with van der Waals surface area (Å²) in [6, 6.07) is 4.04. The van der Waals surface area contributed by atoms with Crippen LogP contribution in [-0.2, 0) is 6.42 Å². The van der Waals surface area contributed by atoms with Gasteiger partial charge in [0.1, 0.15) is 0 Å². The van der Waals surface area contributed by atoms with Crippen molar-refractivity contribution < 1.29 is 14.2 Å². The molecule has 0 atom stereocenters. The van der Waals surface area contributed by atoms with Gasteiger partial charge in [-0.2, -0.15) is 0 Å². The van der Waals surface area contributed by atoms with E-state index in [9.17, 15) is 0 Å². The molecule has 0 aromatic heterocycles. The van der Waals surface area contributed by atoms with E-state index >= 15 is 0 Å². The summed E-state index contributed by atoms with van der Waals surface area (Å²) in [7, 11) is 1.65. The maximum Gasteiger partial charge on any atom is 0.231 e. The highest BCUT2D eigenvalue weighted by molar-refractivity contribution is 5.55. The van der Waals surface area contributed by atoms with Crippen LogP contribution in [0, 0.1) is 0 Å². The van der Waals surface area contributed by atoms with Gasteiger partial charge in [-0.25, -0.2) is 0 Å². The Morgan fingerprint density at radius 1 is 1.35 bits per heavy atom. The number of hydrogen-bond acceptors (Lipinski definition) is 4. The van der Waals surface area contributed by atoms with Crippen molar-refractivity contribution in [3.63, 3.8) is 0 Å². The van der Waals surface area contributed by atoms with Gasteiger partial charge in [-0.3, -0.25) is 0 Å². The maximum absolute atomic E-state index is 6.09. The monoisotopic (exact) mass is 235 g/mol. The van der Waals surface area contributed by atoms with Crippen LogP contribution in [0.1, 0.15) is 24.8 Å². The fraction of sp³-hybridized carbons (Fsp3) is 0.538. The van der Waals surface area contributed by atoms with Crippen molar-refractivity contribution >= 4 is 0 Å². The summed E-state index contributed by atoms with van der Waals surface area (Å²) in [4.78, 5) is 0. The van der Waals surface area contributed by atoms with Crippen molar-refractivity contribution in [2.75, 3.05) is 13.9 Å². The Kier molecular flexibility index (Phi) is 2.40. The van der Waals surface area contributed by atoms with Crippen LogP contribution in [0.15, 0.2) is 12.1 Å². The Bertz CT molecular complexity index is 441. The summed E-state index contributed by atoms with van der Waals surface area (Å²) in [6.07, 6.45) is 4.28. The average Bonchev–Trinajstić information content (AvgIpc) is 2.90. The van der Waals surface area contributed by atoms with Crippen molar-refractivity contribution in [1.82, 2.24) is 0 Å². The van der Waals surface area contributed by atoms with E-state index in [1.54, 1.807) is 7.11 Å². The summed E-state index contributed by atoms with van der Waals surface area (Å²) < 4.78 is 16.1. The third kappa shape index (κ3) is 2.05. The molecular formula is C13H17NO3. The summed E-state index contributed by atoms with van der Waals surface area (Å²) in [5.74, 6) is 2.24. The molecule has 1 fully saturated rings. The Hall–Kier alpha value is -1.42. The quantitative estimate of drug-likeness (QED) is 0.865. The topological polar surface area (TPSA) is 53.7 Å². The van der Waals surface area contributed by atoms with Gasteiger partial charge in [0.05, 0.1) is 7.11 Å². The van der Waals surface area contributed by atoms with Gasteiger partial charge in [0.25, 0.3) is 0 Å². The lowest BCUT2D eigenvalue weighted by Crippen LogP contribution is -2.22. The van der Waals surface area contributed by atoms with Gasteiger partial charge >= 0.3 is 0 Å². The molecule has 1 heterocycles. The maximum atomic E-state index is 6.09. The minimum absolute atomic E-state index is 0.0869. The molecule has 1 aromatic rings. The zero-order valence-corrected chi connectivity index (χ0v) is 9.99. The number of benzene rings is 1. The van der Waals surface area contributed by atoms with Crippen molar-refractivity contribution in [3.8, 4) is 17.2 Å². The predicted octanol–water partition coefficient (Wildman–Crippen LogP) is 1.85. The van der Waals surface area contributed by atoms with Gasteiger partial charge in [0, 0.05) is 5.54 Å². The number of ether oxygens (including phenoxy) is 3. The molecule has 2 aliphatic rings. The second-order valence-corrected chi connectivity index (χ2v) is 4.89. The molecule has 3 rings (SSSR count). The lowest BCUT2D eigenvalue weighted by molar-refractivity contribution is 0.171. The van der Waals surface area contributed by atoms with Crippen LogP contribution in [-0.4, -0.2) is 19.4 Å². The normalized spacial score (nSPS) is 19.2. The summed E-state index contributed by atoms with van der Waals surface area (Å²) in [6.45, 7) is 0.274. The summed E-state index contributed by atoms with van der Waals surface area (Å²) in [5, 5.41) is 0. The minimum atomic E-state index is 0.0869. The van der Waals surface area contributed by atoms with Gasteiger partial charge in [-0.05, 0) is 43.4 Å². The van der Waals surface area contributed by atoms with Crippen LogP contribution in [0.5, 0.6) is 17.2 Å². The Morgan fingerprint density at radius 2 is 2.18 bits per heavy atom. The zero-order chi connectivity index (χ0) is 11.9. The molecule has 4 nitrogen and oxygen atoms in total. The van der Waals surface area contributed by atoms with E-state index in [2.05, 4.69) is 0 Å². The van der Waals surface area contributed by atoms with Crippen molar-refractivity contribution in [2.24, 2.45) is 5.73 Å². The number of hydrogen-bond donors (Lipinski definition) is 1. The first-order valence-electron chi connectivity index (χ1n) is 5.96. The van der Waals surface area contributed by atoms with E-state index in [1.807, 2.05) is 12.1 Å². The van der Waals surface area contributed by atoms with E-state index in [0.717, 1.165) is 37.2 Å². The molecule has 0 radical (unpaired) electrons. The van der Waals surface area contributed by atoms with Crippen molar-refractivity contribution in [2.45, 2.75) is 31.2 Å². The number of rotatable bonds is 4. The van der Waals surface area contributed by atoms with Gasteiger partial charge < -0.3 is 19.9 Å². The highest BCUT2D eigenvalue weighted by atomic mass is 16.7. The SMILES string of the molecule is COc1cc(CCC2(N)CC2)cc2c1OCO2. The molecule has 17 heavy (non-hydrogen) atoms. The molecule has 92 valence electrons. The highest BCUT2D eigenvalue weighted by Crippen LogP contribution is 2.43. The van der Waals surface area contributed by atoms with Crippen molar-refractivity contribution in [3.05, 3.63) is 17.7 Å². The Labute approximate surface area is 101 Å². The smallest absolute Gasteiger partial charge is 0.231 e. The van der Waals surface area contributed by atoms with Gasteiger partial charge in [0.15, 0.2) is 11.5 Å². The standard InChI is InChI=1S/C13H17NO3/c1-15-10-6-9(2-3-13(14)4-5-13)7-11-12(10)17-8-16-11/h6-7H,2-5,8,14H2,1H3. The third-order valence-corrected chi connectivity index (χ3v) is 3.52. The molecule has 0 spiro atoms. The minimum Gasteiger partial charge on any atom is -0.493 e. The summed E-state index contributed by atoms with van der Waals surface area (Å²) >= 11 is 0. The molecule has 0 amide bonds. The Morgan fingerprint density at radius 3 is 2.88 bits per heavy atom. The van der Waals surface area contributed by atoms with E-state index < -0.39 is 0 Å². The second-order valence-electron chi connectivity index (χ2n) is 4.89. The number of fused-ring (bicyclic) bond motifs is 1. The van der Waals surface area contributed by atoms with E-state index in [4.69, 9.17) is 19.9 Å². The fourth-order valence-corrected chi connectivity index (χ4v) is 2.13. The Balaban J connectivity index is 1.80. The molecule has 2 N–H and O–H groups in total. The third-order valence-electron chi connectivity index (χ3n) is 3.52. The lowest BCUT2D eigenvalue weighted by Gasteiger charge is -2.10. The van der Waals surface area contributed by atoms with E-state index in [-0.39, 0.29) is 12.3 Å². The van der Waals surface area contributed by atoms with Crippen LogP contribution in [0.2, 0.25) is 0 Å². The van der Waals surface area contributed by atoms with Crippen LogP contribution in [0.25, 0.3) is 0 Å². The van der Waals surface area contributed by atoms with Crippen molar-refractivity contribution in [1.29, 1.82) is 0 Å². The average molecular weight is 235 g/mol. The largest absolute Gasteiger partial charge is 0.493 e. The second kappa shape index (κ2) is 3.81. The molecule has 0 bridgehead atoms. The molecule has 0 saturated heterocycles. The molecule has 1 aliphatic carbocycles. The predicted molar refractivity (Wildman–Crippen MR) is 63.6 cm³/mol. The molecule has 1 aromatic carbocycles. The van der Waals surface area contributed by atoms with Gasteiger partial charge in [0.2, 0.25) is 12.5 Å². The zero-order valence-electron chi connectivity index (χ0n) is 9.99. The molecule has 4 heteroatoms. The van der Waals surface area contributed by atoms with Crippen LogP contribution in [0.4, 0.5) is 0 Å². The van der Waals surface area contributed by atoms with Crippen LogP contribution in [0.3, 0.4) is 0 Å². The van der Waals surface area contributed by atoms with Gasteiger partial charge in [-0.1, -0.05) is 0 Å². The molecular weight excluding hydrogens is 218 g/mol. The number of aryl methyl sites for hydroxylation is 1. The first kappa shape index (κ1) is 10.7. The van der Waals surface area contributed by atoms with Gasteiger partial charge in [-0.15, -0.1) is 0 Å². The highest BCUT2D eigenvalue weighted by Gasteiger charge is 2.37. The number of methoxy groups -OCH3 is 1. The van der Waals surface area contributed by atoms with Crippen LogP contribution < -0.4 is 19.9 Å². The first-order chi connectivity index (χ1) is 8.20. The molecule has 0 unspecified atom stereocenters. The summed E-state index contributed by atoms with van der Waals surface area (Å²) in [5.41, 5.74) is 7.37. The van der Waals surface area contributed by atoms with Crippen LogP contribution >= 0.6 is 0 Å². The molecule has 1 saturated carbocycles. The van der Waals surface area contributed by atoms with E-state index in [1.165, 1.54) is 5.56 Å². The fourth-order valence-electron chi connectivity index (χ4n) is 2.13.